The number of piperazine rings is 1. The van der Waals surface area contributed by atoms with Gasteiger partial charge in [-0.15, -0.1) is 12.4 Å². The van der Waals surface area contributed by atoms with Crippen molar-refractivity contribution in [2.24, 2.45) is 0 Å². The van der Waals surface area contributed by atoms with Gasteiger partial charge in [-0.05, 0) is 101 Å². The van der Waals surface area contributed by atoms with Gasteiger partial charge < -0.3 is 19.1 Å². The highest BCUT2D eigenvalue weighted by Crippen LogP contribution is 2.34. The summed E-state index contributed by atoms with van der Waals surface area (Å²) in [6.07, 6.45) is 4.98. The molecule has 5 aromatic rings. The number of aromatic nitrogens is 1. The maximum Gasteiger partial charge on any atom is 0.246 e. The first-order valence-electron chi connectivity index (χ1n) is 17.3. The van der Waals surface area contributed by atoms with Crippen LogP contribution >= 0.6 is 24.0 Å². The van der Waals surface area contributed by atoms with Crippen LogP contribution in [0.3, 0.4) is 0 Å². The van der Waals surface area contributed by atoms with E-state index in [4.69, 9.17) is 31.1 Å². The van der Waals surface area contributed by atoms with Crippen LogP contribution in [-0.4, -0.2) is 46.9 Å². The Balaban J connectivity index is 0.00000541. The summed E-state index contributed by atoms with van der Waals surface area (Å²) in [5, 5.41) is 9.37. The number of nitriles is 1. The molecule has 2 heterocycles. The molecular weight excluding hydrogens is 707 g/mol. The Morgan fingerprint density at radius 3 is 2.11 bits per heavy atom. The van der Waals surface area contributed by atoms with Gasteiger partial charge in [0, 0.05) is 44.9 Å². The summed E-state index contributed by atoms with van der Waals surface area (Å²) in [6.45, 7) is 10.4. The van der Waals surface area contributed by atoms with Crippen molar-refractivity contribution in [1.82, 2.24) is 14.8 Å². The Bertz CT molecular complexity index is 2010. The molecule has 1 amide bonds. The zero-order valence-electron chi connectivity index (χ0n) is 30.0. The molecule has 0 saturated carbocycles. The summed E-state index contributed by atoms with van der Waals surface area (Å²) in [4.78, 5) is 21.7. The second kappa shape index (κ2) is 18.4. The van der Waals surface area contributed by atoms with Crippen molar-refractivity contribution in [2.45, 2.75) is 39.8 Å². The van der Waals surface area contributed by atoms with Gasteiger partial charge in [-0.1, -0.05) is 61.8 Å². The van der Waals surface area contributed by atoms with Crippen molar-refractivity contribution >= 4 is 36.0 Å². The van der Waals surface area contributed by atoms with Crippen LogP contribution < -0.4 is 14.2 Å². The number of ether oxygens (including phenoxy) is 3. The van der Waals surface area contributed by atoms with Crippen LogP contribution in [0.5, 0.6) is 28.9 Å². The fourth-order valence-electron chi connectivity index (χ4n) is 5.82. The smallest absolute Gasteiger partial charge is 0.246 e. The molecule has 0 aliphatic carbocycles. The minimum absolute atomic E-state index is 0. The number of carbonyl (C=O) groups is 1. The maximum atomic E-state index is 13.1. The molecule has 0 radical (unpaired) electrons. The van der Waals surface area contributed by atoms with Crippen LogP contribution in [0.2, 0.25) is 5.02 Å². The number of hydrogen-bond acceptors (Lipinski definition) is 7. The first-order chi connectivity index (χ1) is 25.2. The fraction of sp³-hybridized carbons (Fsp3) is 0.233. The molecule has 0 bridgehead atoms. The topological polar surface area (TPSA) is 87.9 Å². The van der Waals surface area contributed by atoms with E-state index in [9.17, 15) is 4.79 Å². The van der Waals surface area contributed by atoms with Crippen LogP contribution in [0.25, 0.3) is 6.08 Å². The number of nitrogens with zero attached hydrogens (tertiary/aromatic N) is 4. The van der Waals surface area contributed by atoms with Crippen molar-refractivity contribution < 1.29 is 19.0 Å². The van der Waals surface area contributed by atoms with Crippen molar-refractivity contribution in [1.29, 1.82) is 5.26 Å². The van der Waals surface area contributed by atoms with Crippen LogP contribution in [0.15, 0.2) is 109 Å². The molecule has 6 rings (SSSR count). The molecule has 4 aromatic carbocycles. The fourth-order valence-corrected chi connectivity index (χ4v) is 6.13. The van der Waals surface area contributed by atoms with Crippen molar-refractivity contribution in [3.05, 3.63) is 148 Å². The number of halogens is 2. The zero-order valence-corrected chi connectivity index (χ0v) is 31.6. The lowest BCUT2D eigenvalue weighted by Crippen LogP contribution is -2.47. The second-order valence-corrected chi connectivity index (χ2v) is 13.5. The van der Waals surface area contributed by atoms with Gasteiger partial charge in [0.15, 0.2) is 5.75 Å². The van der Waals surface area contributed by atoms with Crippen LogP contribution in [0.1, 0.15) is 53.1 Å². The minimum atomic E-state index is -0.0256. The summed E-state index contributed by atoms with van der Waals surface area (Å²) in [5.74, 6) is 3.57. The summed E-state index contributed by atoms with van der Waals surface area (Å²) in [6, 6.07) is 33.0. The quantitative estimate of drug-likeness (QED) is 0.117. The summed E-state index contributed by atoms with van der Waals surface area (Å²) < 4.78 is 17.9. The highest BCUT2D eigenvalue weighted by molar-refractivity contribution is 6.32. The monoisotopic (exact) mass is 748 g/mol. The van der Waals surface area contributed by atoms with E-state index in [2.05, 4.69) is 54.1 Å². The van der Waals surface area contributed by atoms with Gasteiger partial charge in [-0.3, -0.25) is 9.69 Å². The maximum absolute atomic E-state index is 13.1. The van der Waals surface area contributed by atoms with Gasteiger partial charge in [0.2, 0.25) is 11.8 Å². The number of aryl methyl sites for hydroxylation is 1. The van der Waals surface area contributed by atoms with E-state index in [0.717, 1.165) is 47.8 Å². The number of carbonyl (C=O) groups excluding carboxylic acids is 1. The number of benzene rings is 4. The number of rotatable bonds is 12. The Morgan fingerprint density at radius 1 is 0.868 bits per heavy atom. The van der Waals surface area contributed by atoms with Gasteiger partial charge in [0.05, 0.1) is 22.9 Å². The third-order valence-corrected chi connectivity index (χ3v) is 9.15. The van der Waals surface area contributed by atoms with Gasteiger partial charge in [0.25, 0.3) is 0 Å². The first-order valence-corrected chi connectivity index (χ1v) is 17.7. The van der Waals surface area contributed by atoms with Crippen molar-refractivity contribution in [3.63, 3.8) is 0 Å². The molecule has 272 valence electrons. The minimum Gasteiger partial charge on any atom is -0.487 e. The lowest BCUT2D eigenvalue weighted by Gasteiger charge is -2.34. The number of amides is 1. The molecule has 10 heteroatoms. The molecule has 0 spiro atoms. The molecule has 1 fully saturated rings. The summed E-state index contributed by atoms with van der Waals surface area (Å²) in [5.41, 5.74) is 5.68. The molecule has 1 aliphatic rings. The number of hydrogen-bond donors (Lipinski definition) is 0. The average Bonchev–Trinajstić information content (AvgIpc) is 3.16. The van der Waals surface area contributed by atoms with E-state index >= 15 is 0 Å². The normalized spacial score (nSPS) is 13.0. The zero-order chi connectivity index (χ0) is 36.5. The third kappa shape index (κ3) is 10.8. The highest BCUT2D eigenvalue weighted by atomic mass is 35.5. The van der Waals surface area contributed by atoms with Crippen LogP contribution in [0, 0.1) is 18.3 Å². The van der Waals surface area contributed by atoms with Gasteiger partial charge in [-0.25, -0.2) is 4.98 Å². The van der Waals surface area contributed by atoms with Crippen molar-refractivity contribution in [3.8, 4) is 34.9 Å². The highest BCUT2D eigenvalue weighted by Gasteiger charge is 2.20. The largest absolute Gasteiger partial charge is 0.487 e. The Labute approximate surface area is 322 Å². The van der Waals surface area contributed by atoms with Gasteiger partial charge in [-0.2, -0.15) is 5.26 Å². The van der Waals surface area contributed by atoms with E-state index in [1.54, 1.807) is 48.7 Å². The van der Waals surface area contributed by atoms with E-state index < -0.39 is 0 Å². The first kappa shape index (κ1) is 38.9. The molecule has 0 unspecified atom stereocenters. The van der Waals surface area contributed by atoms with Crippen LogP contribution in [0.4, 0.5) is 0 Å². The molecule has 1 aliphatic heterocycles. The average molecular weight is 750 g/mol. The molecule has 1 aromatic heterocycles. The summed E-state index contributed by atoms with van der Waals surface area (Å²) >= 11 is 6.62. The Kier molecular flexibility index (Phi) is 13.5. The molecule has 8 nitrogen and oxygen atoms in total. The van der Waals surface area contributed by atoms with E-state index in [1.807, 2.05) is 54.3 Å². The van der Waals surface area contributed by atoms with Crippen molar-refractivity contribution in [2.75, 3.05) is 26.2 Å². The molecule has 1 saturated heterocycles. The van der Waals surface area contributed by atoms with E-state index in [1.165, 1.54) is 11.1 Å². The lowest BCUT2D eigenvalue weighted by molar-refractivity contribution is -0.127. The van der Waals surface area contributed by atoms with Gasteiger partial charge >= 0.3 is 0 Å². The molecule has 53 heavy (non-hydrogen) atoms. The molecule has 0 atom stereocenters. The third-order valence-electron chi connectivity index (χ3n) is 8.87. The summed E-state index contributed by atoms with van der Waals surface area (Å²) in [7, 11) is 0. The SMILES string of the molecule is Cc1cc(C=CC(=O)N2CCN(Cc3ccc(Oc4ccc(C(C)C)cc4)cc3)CC2)cc(Cl)c1Oc1ccc(OCc2ccc(C#N)cc2)cn1.Cl. The predicted octanol–water partition coefficient (Wildman–Crippen LogP) is 9.98. The predicted molar refractivity (Wildman–Crippen MR) is 211 cm³/mol. The van der Waals surface area contributed by atoms with Gasteiger partial charge in [0.1, 0.15) is 23.9 Å². The standard InChI is InChI=1S/C43H41ClN4O4.ClH/c1-30(2)36-11-15-38(16-12-36)51-37-13-8-33(9-14-37)28-47-20-22-48(23-21-47)42(49)19-10-35-24-31(3)43(40(44)25-35)52-41-18-17-39(27-46-41)50-29-34-6-4-32(26-45)5-7-34;/h4-19,24-25,27,30H,20-23,28-29H2,1-3H3;1H. The Morgan fingerprint density at radius 2 is 1.51 bits per heavy atom. The van der Waals surface area contributed by atoms with E-state index in [-0.39, 0.29) is 18.3 Å². The number of pyridine rings is 1. The molecule has 0 N–H and O–H groups in total. The lowest BCUT2D eigenvalue weighted by atomic mass is 10.0. The Hall–Kier alpha value is -5.33. The second-order valence-electron chi connectivity index (χ2n) is 13.1. The van der Waals surface area contributed by atoms with Crippen LogP contribution in [-0.2, 0) is 17.9 Å². The van der Waals surface area contributed by atoms with E-state index in [0.29, 0.717) is 53.6 Å². The molecular formula is C43H42Cl2N4O4.